The predicted octanol–water partition coefficient (Wildman–Crippen LogP) is 4.14. The lowest BCUT2D eigenvalue weighted by atomic mass is 10.1. The first-order chi connectivity index (χ1) is 13.1. The number of nitrogens with zero attached hydrogens (tertiary/aromatic N) is 4. The van der Waals surface area contributed by atoms with Crippen LogP contribution in [0.4, 0.5) is 0 Å². The largest absolute Gasteiger partial charge is 0.490 e. The molecule has 0 fully saturated rings. The van der Waals surface area contributed by atoms with Crippen LogP contribution in [-0.4, -0.2) is 34.3 Å². The van der Waals surface area contributed by atoms with Gasteiger partial charge in [-0.25, -0.2) is 4.68 Å². The predicted molar refractivity (Wildman–Crippen MR) is 106 cm³/mol. The van der Waals surface area contributed by atoms with E-state index in [-0.39, 0.29) is 0 Å². The molecule has 3 rings (SSSR count). The van der Waals surface area contributed by atoms with Crippen molar-refractivity contribution in [2.45, 2.75) is 20.3 Å². The molecular formula is C20H21ClN4O2. The van der Waals surface area contributed by atoms with Crippen molar-refractivity contribution < 1.29 is 9.47 Å². The Labute approximate surface area is 163 Å². The lowest BCUT2D eigenvalue weighted by Gasteiger charge is -2.12. The van der Waals surface area contributed by atoms with Gasteiger partial charge in [0.05, 0.1) is 6.21 Å². The van der Waals surface area contributed by atoms with Gasteiger partial charge in [0.25, 0.3) is 0 Å². The van der Waals surface area contributed by atoms with Crippen molar-refractivity contribution in [1.29, 1.82) is 0 Å². The molecule has 0 unspecified atom stereocenters. The maximum atomic E-state index is 6.09. The maximum absolute atomic E-state index is 6.09. The van der Waals surface area contributed by atoms with E-state index in [0.717, 1.165) is 17.7 Å². The summed E-state index contributed by atoms with van der Waals surface area (Å²) in [6.07, 6.45) is 5.64. The van der Waals surface area contributed by atoms with Gasteiger partial charge in [0, 0.05) is 10.6 Å². The van der Waals surface area contributed by atoms with E-state index in [4.69, 9.17) is 21.1 Å². The van der Waals surface area contributed by atoms with Crippen molar-refractivity contribution in [3.05, 3.63) is 70.8 Å². The topological polar surface area (TPSA) is 61.5 Å². The van der Waals surface area contributed by atoms with Gasteiger partial charge in [0.2, 0.25) is 0 Å². The molecule has 0 amide bonds. The quantitative estimate of drug-likeness (QED) is 0.432. The molecular weight excluding hydrogens is 364 g/mol. The highest BCUT2D eigenvalue weighted by atomic mass is 35.5. The van der Waals surface area contributed by atoms with E-state index in [0.29, 0.717) is 24.0 Å². The summed E-state index contributed by atoms with van der Waals surface area (Å²) >= 11 is 6.09. The van der Waals surface area contributed by atoms with E-state index in [2.05, 4.69) is 41.3 Å². The van der Waals surface area contributed by atoms with E-state index in [1.165, 1.54) is 28.5 Å². The third-order valence-electron chi connectivity index (χ3n) is 3.84. The third kappa shape index (κ3) is 5.56. The van der Waals surface area contributed by atoms with Crippen molar-refractivity contribution in [2.24, 2.45) is 5.10 Å². The van der Waals surface area contributed by atoms with Crippen molar-refractivity contribution in [3.8, 4) is 11.5 Å². The van der Waals surface area contributed by atoms with Gasteiger partial charge >= 0.3 is 0 Å². The summed E-state index contributed by atoms with van der Waals surface area (Å²) in [6, 6.07) is 11.6. The highest BCUT2D eigenvalue weighted by molar-refractivity contribution is 6.30. The monoisotopic (exact) mass is 384 g/mol. The first-order valence-electron chi connectivity index (χ1n) is 8.68. The number of benzene rings is 2. The zero-order chi connectivity index (χ0) is 19.1. The maximum Gasteiger partial charge on any atom is 0.141 e. The third-order valence-corrected chi connectivity index (χ3v) is 4.07. The molecule has 27 heavy (non-hydrogen) atoms. The minimum Gasteiger partial charge on any atom is -0.490 e. The highest BCUT2D eigenvalue weighted by Crippen LogP contribution is 2.22. The number of rotatable bonds is 8. The molecule has 0 aliphatic carbocycles. The van der Waals surface area contributed by atoms with Gasteiger partial charge in [-0.3, -0.25) is 0 Å². The second-order valence-corrected chi connectivity index (χ2v) is 6.41. The first-order valence-corrected chi connectivity index (χ1v) is 9.06. The number of halogens is 1. The molecule has 0 atom stereocenters. The molecule has 0 radical (unpaired) electrons. The van der Waals surface area contributed by atoms with Crippen LogP contribution in [-0.2, 0) is 6.42 Å². The van der Waals surface area contributed by atoms with Crippen LogP contribution in [0.5, 0.6) is 11.5 Å². The molecule has 6 nitrogen and oxygen atoms in total. The molecule has 0 saturated carbocycles. The lowest BCUT2D eigenvalue weighted by molar-refractivity contribution is 0.217. The summed E-state index contributed by atoms with van der Waals surface area (Å²) in [4.78, 5) is 0. The van der Waals surface area contributed by atoms with Crippen molar-refractivity contribution in [1.82, 2.24) is 14.9 Å². The van der Waals surface area contributed by atoms with E-state index >= 15 is 0 Å². The van der Waals surface area contributed by atoms with E-state index in [1.54, 1.807) is 18.3 Å². The molecule has 1 aromatic heterocycles. The second-order valence-electron chi connectivity index (χ2n) is 5.97. The van der Waals surface area contributed by atoms with Gasteiger partial charge in [-0.2, -0.15) is 5.10 Å². The van der Waals surface area contributed by atoms with Crippen LogP contribution in [0.25, 0.3) is 0 Å². The van der Waals surface area contributed by atoms with Gasteiger partial charge in [-0.1, -0.05) is 24.6 Å². The normalized spacial score (nSPS) is 11.1. The number of hydrogen-bond acceptors (Lipinski definition) is 5. The Morgan fingerprint density at radius 3 is 2.63 bits per heavy atom. The molecule has 140 valence electrons. The van der Waals surface area contributed by atoms with Crippen LogP contribution in [0.1, 0.15) is 23.6 Å². The van der Waals surface area contributed by atoms with Crippen molar-refractivity contribution in [2.75, 3.05) is 13.2 Å². The average Bonchev–Trinajstić information content (AvgIpc) is 3.18. The summed E-state index contributed by atoms with van der Waals surface area (Å²) in [5, 5.41) is 12.3. The standard InChI is InChI=1S/C20H21ClN4O2/c1-3-16-8-15(2)9-19(10-16)26-6-7-27-20-5-4-18(21)11-17(20)12-24-25-13-22-23-14-25/h4-5,8-14H,3,6-7H2,1-2H3/b24-12-. The van der Waals surface area contributed by atoms with Crippen LogP contribution in [0.2, 0.25) is 5.02 Å². The summed E-state index contributed by atoms with van der Waals surface area (Å²) in [7, 11) is 0. The van der Waals surface area contributed by atoms with Crippen LogP contribution in [0, 0.1) is 6.92 Å². The van der Waals surface area contributed by atoms with Gasteiger partial charge in [0.1, 0.15) is 37.4 Å². The van der Waals surface area contributed by atoms with Gasteiger partial charge in [0.15, 0.2) is 0 Å². The summed E-state index contributed by atoms with van der Waals surface area (Å²) in [6.45, 7) is 5.05. The number of aromatic nitrogens is 3. The van der Waals surface area contributed by atoms with Crippen LogP contribution in [0.3, 0.4) is 0 Å². The summed E-state index contributed by atoms with van der Waals surface area (Å²) < 4.78 is 13.2. The van der Waals surface area contributed by atoms with Crippen LogP contribution < -0.4 is 9.47 Å². The molecule has 0 bridgehead atoms. The molecule has 0 aliphatic heterocycles. The van der Waals surface area contributed by atoms with Gasteiger partial charge in [-0.15, -0.1) is 10.2 Å². The fraction of sp³-hybridized carbons (Fsp3) is 0.250. The minimum atomic E-state index is 0.407. The number of aryl methyl sites for hydroxylation is 2. The number of hydrogen-bond donors (Lipinski definition) is 0. The van der Waals surface area contributed by atoms with E-state index in [1.807, 2.05) is 12.1 Å². The summed E-state index contributed by atoms with van der Waals surface area (Å²) in [5.74, 6) is 1.54. The van der Waals surface area contributed by atoms with Crippen LogP contribution >= 0.6 is 11.6 Å². The summed E-state index contributed by atoms with van der Waals surface area (Å²) in [5.41, 5.74) is 3.21. The van der Waals surface area contributed by atoms with E-state index in [9.17, 15) is 0 Å². The molecule has 0 aliphatic rings. The molecule has 7 heteroatoms. The SMILES string of the molecule is CCc1cc(C)cc(OCCOc2ccc(Cl)cc2/C=N\n2cnnc2)c1. The molecule has 3 aromatic rings. The second kappa shape index (κ2) is 9.19. The Morgan fingerprint density at radius 1 is 1.07 bits per heavy atom. The van der Waals surface area contributed by atoms with Crippen molar-refractivity contribution >= 4 is 17.8 Å². The molecule has 0 N–H and O–H groups in total. The zero-order valence-corrected chi connectivity index (χ0v) is 16.1. The highest BCUT2D eigenvalue weighted by Gasteiger charge is 2.04. The smallest absolute Gasteiger partial charge is 0.141 e. The Morgan fingerprint density at radius 2 is 1.85 bits per heavy atom. The molecule has 0 spiro atoms. The van der Waals surface area contributed by atoms with Crippen LogP contribution in [0.15, 0.2) is 54.2 Å². The molecule has 2 aromatic carbocycles. The van der Waals surface area contributed by atoms with E-state index < -0.39 is 0 Å². The van der Waals surface area contributed by atoms with Gasteiger partial charge in [-0.05, 0) is 54.8 Å². The molecule has 1 heterocycles. The average molecular weight is 385 g/mol. The molecule has 0 saturated heterocycles. The Bertz CT molecular complexity index is 910. The Hall–Kier alpha value is -2.86. The minimum absolute atomic E-state index is 0.407. The zero-order valence-electron chi connectivity index (χ0n) is 15.3. The van der Waals surface area contributed by atoms with Gasteiger partial charge < -0.3 is 9.47 Å². The number of ether oxygens (including phenoxy) is 2. The van der Waals surface area contributed by atoms with Crippen molar-refractivity contribution in [3.63, 3.8) is 0 Å². The fourth-order valence-electron chi connectivity index (χ4n) is 2.56. The fourth-order valence-corrected chi connectivity index (χ4v) is 2.74. The Balaban J connectivity index is 1.60. The lowest BCUT2D eigenvalue weighted by Crippen LogP contribution is -2.10. The Kier molecular flexibility index (Phi) is 6.44. The first kappa shape index (κ1) is 18.9.